The average molecular weight is 518 g/mol. The molecule has 158 valence electrons. The third-order valence-corrected chi connectivity index (χ3v) is 4.82. The Labute approximate surface area is 194 Å². The Bertz CT molecular complexity index is 972. The summed E-state index contributed by atoms with van der Waals surface area (Å²) in [5.74, 6) is 2.56. The maximum absolute atomic E-state index is 5.57. The van der Waals surface area contributed by atoms with Crippen molar-refractivity contribution in [1.82, 2.24) is 15.8 Å². The molecule has 3 aromatic rings. The van der Waals surface area contributed by atoms with Crippen molar-refractivity contribution < 1.29 is 9.26 Å². The van der Waals surface area contributed by atoms with E-state index in [0.717, 1.165) is 61.3 Å². The van der Waals surface area contributed by atoms with Gasteiger partial charge in [0.2, 0.25) is 0 Å². The molecule has 1 aliphatic rings. The zero-order chi connectivity index (χ0) is 19.9. The number of ether oxygens (including phenoxy) is 1. The maximum Gasteiger partial charge on any atom is 0.191 e. The summed E-state index contributed by atoms with van der Waals surface area (Å²) in [5, 5.41) is 10.8. The number of nitrogens with one attached hydrogen (secondary N) is 2. The Kier molecular flexibility index (Phi) is 8.12. The van der Waals surface area contributed by atoms with E-state index in [-0.39, 0.29) is 24.0 Å². The average Bonchev–Trinajstić information content (AvgIpc) is 3.42. The molecule has 0 saturated carbocycles. The van der Waals surface area contributed by atoms with Crippen molar-refractivity contribution in [2.45, 2.75) is 26.3 Å². The number of guanidine groups is 1. The smallest absolute Gasteiger partial charge is 0.191 e. The number of hydrogen-bond donors (Lipinski definition) is 2. The van der Waals surface area contributed by atoms with E-state index in [1.807, 2.05) is 36.4 Å². The molecule has 0 unspecified atom stereocenters. The van der Waals surface area contributed by atoms with Crippen LogP contribution in [-0.4, -0.2) is 30.8 Å². The molecule has 0 aliphatic carbocycles. The molecule has 6 nitrogen and oxygen atoms in total. The summed E-state index contributed by atoms with van der Waals surface area (Å²) in [6.07, 6.45) is 1.93. The van der Waals surface area contributed by atoms with Crippen LogP contribution < -0.4 is 15.4 Å². The van der Waals surface area contributed by atoms with Crippen molar-refractivity contribution in [3.63, 3.8) is 0 Å². The first-order valence-electron chi connectivity index (χ1n) is 10.1. The Morgan fingerprint density at radius 1 is 1.10 bits per heavy atom. The van der Waals surface area contributed by atoms with Crippen molar-refractivity contribution in [2.24, 2.45) is 4.99 Å². The second-order valence-electron chi connectivity index (χ2n) is 6.96. The van der Waals surface area contributed by atoms with E-state index in [4.69, 9.17) is 9.26 Å². The second kappa shape index (κ2) is 11.0. The van der Waals surface area contributed by atoms with E-state index in [9.17, 15) is 0 Å². The summed E-state index contributed by atoms with van der Waals surface area (Å²) >= 11 is 0. The predicted molar refractivity (Wildman–Crippen MR) is 130 cm³/mol. The Morgan fingerprint density at radius 2 is 1.97 bits per heavy atom. The van der Waals surface area contributed by atoms with E-state index in [0.29, 0.717) is 6.54 Å². The number of benzene rings is 2. The predicted octanol–water partition coefficient (Wildman–Crippen LogP) is 4.19. The van der Waals surface area contributed by atoms with Crippen LogP contribution in [0.15, 0.2) is 64.1 Å². The lowest BCUT2D eigenvalue weighted by Crippen LogP contribution is -2.38. The SMILES string of the molecule is CCNC(=NCc1cc(-c2ccccc2)on1)NCCc1ccc2c(c1)CCO2.I. The van der Waals surface area contributed by atoms with Crippen LogP contribution in [0.3, 0.4) is 0 Å². The minimum atomic E-state index is 0. The fraction of sp³-hybridized carbons (Fsp3) is 0.304. The lowest BCUT2D eigenvalue weighted by molar-refractivity contribution is 0.357. The summed E-state index contributed by atoms with van der Waals surface area (Å²) in [7, 11) is 0. The molecule has 1 aliphatic heterocycles. The van der Waals surface area contributed by atoms with E-state index < -0.39 is 0 Å². The van der Waals surface area contributed by atoms with Crippen molar-refractivity contribution >= 4 is 29.9 Å². The Hall–Kier alpha value is -2.55. The third kappa shape index (κ3) is 5.75. The van der Waals surface area contributed by atoms with E-state index in [2.05, 4.69) is 45.9 Å². The summed E-state index contributed by atoms with van der Waals surface area (Å²) < 4.78 is 11.0. The monoisotopic (exact) mass is 518 g/mol. The van der Waals surface area contributed by atoms with Gasteiger partial charge in [-0.3, -0.25) is 0 Å². The van der Waals surface area contributed by atoms with Crippen LogP contribution in [0.5, 0.6) is 5.75 Å². The molecule has 0 radical (unpaired) electrons. The highest BCUT2D eigenvalue weighted by atomic mass is 127. The fourth-order valence-electron chi connectivity index (χ4n) is 3.35. The van der Waals surface area contributed by atoms with Crippen LogP contribution >= 0.6 is 24.0 Å². The minimum Gasteiger partial charge on any atom is -0.493 e. The Morgan fingerprint density at radius 3 is 2.80 bits per heavy atom. The van der Waals surface area contributed by atoms with Gasteiger partial charge in [-0.15, -0.1) is 24.0 Å². The fourth-order valence-corrected chi connectivity index (χ4v) is 3.35. The van der Waals surface area contributed by atoms with Crippen molar-refractivity contribution in [3.05, 3.63) is 71.4 Å². The minimum absolute atomic E-state index is 0. The molecular weight excluding hydrogens is 491 g/mol. The molecule has 0 spiro atoms. The van der Waals surface area contributed by atoms with Crippen LogP contribution in [0, 0.1) is 0 Å². The molecule has 4 rings (SSSR count). The van der Waals surface area contributed by atoms with Crippen LogP contribution in [0.1, 0.15) is 23.7 Å². The van der Waals surface area contributed by atoms with Gasteiger partial charge in [-0.25, -0.2) is 4.99 Å². The maximum atomic E-state index is 5.57. The van der Waals surface area contributed by atoms with Crippen LogP contribution in [0.2, 0.25) is 0 Å². The molecule has 0 bridgehead atoms. The van der Waals surface area contributed by atoms with E-state index in [1.165, 1.54) is 11.1 Å². The van der Waals surface area contributed by atoms with Gasteiger partial charge in [-0.2, -0.15) is 0 Å². The Balaban J connectivity index is 0.00000256. The van der Waals surface area contributed by atoms with Gasteiger partial charge >= 0.3 is 0 Å². The first kappa shape index (κ1) is 22.1. The van der Waals surface area contributed by atoms with Crippen molar-refractivity contribution in [3.8, 4) is 17.1 Å². The van der Waals surface area contributed by atoms with Gasteiger partial charge in [0.05, 0.1) is 13.2 Å². The summed E-state index contributed by atoms with van der Waals surface area (Å²) in [6.45, 7) is 4.92. The molecular formula is C23H27IN4O2. The van der Waals surface area contributed by atoms with Crippen LogP contribution in [0.4, 0.5) is 0 Å². The summed E-state index contributed by atoms with van der Waals surface area (Å²) in [4.78, 5) is 4.63. The van der Waals surface area contributed by atoms with Gasteiger partial charge in [0.1, 0.15) is 11.4 Å². The number of aromatic nitrogens is 1. The van der Waals surface area contributed by atoms with Crippen LogP contribution in [-0.2, 0) is 19.4 Å². The molecule has 7 heteroatoms. The number of fused-ring (bicyclic) bond motifs is 1. The molecule has 0 amide bonds. The van der Waals surface area contributed by atoms with Gasteiger partial charge in [0.25, 0.3) is 0 Å². The highest BCUT2D eigenvalue weighted by Gasteiger charge is 2.12. The molecule has 0 fully saturated rings. The number of rotatable bonds is 7. The van der Waals surface area contributed by atoms with E-state index >= 15 is 0 Å². The van der Waals surface area contributed by atoms with Gasteiger partial charge in [-0.1, -0.05) is 47.6 Å². The number of hydrogen-bond acceptors (Lipinski definition) is 4. The largest absolute Gasteiger partial charge is 0.493 e. The molecule has 2 heterocycles. The summed E-state index contributed by atoms with van der Waals surface area (Å²) in [6, 6.07) is 18.4. The topological polar surface area (TPSA) is 71.7 Å². The molecule has 2 N–H and O–H groups in total. The molecule has 1 aromatic heterocycles. The zero-order valence-corrected chi connectivity index (χ0v) is 19.4. The zero-order valence-electron chi connectivity index (χ0n) is 17.1. The first-order chi connectivity index (χ1) is 14.3. The highest BCUT2D eigenvalue weighted by molar-refractivity contribution is 14.0. The second-order valence-corrected chi connectivity index (χ2v) is 6.96. The van der Waals surface area contributed by atoms with Gasteiger partial charge < -0.3 is 19.9 Å². The van der Waals surface area contributed by atoms with Gasteiger partial charge in [-0.05, 0) is 30.5 Å². The van der Waals surface area contributed by atoms with Crippen molar-refractivity contribution in [2.75, 3.05) is 19.7 Å². The van der Waals surface area contributed by atoms with Crippen LogP contribution in [0.25, 0.3) is 11.3 Å². The third-order valence-electron chi connectivity index (χ3n) is 4.82. The lowest BCUT2D eigenvalue weighted by atomic mass is 10.1. The molecule has 0 saturated heterocycles. The molecule has 30 heavy (non-hydrogen) atoms. The quantitative estimate of drug-likeness (QED) is 0.279. The lowest BCUT2D eigenvalue weighted by Gasteiger charge is -2.11. The number of nitrogens with zero attached hydrogens (tertiary/aromatic N) is 2. The van der Waals surface area contributed by atoms with Crippen molar-refractivity contribution in [1.29, 1.82) is 0 Å². The standard InChI is InChI=1S/C23H26N4O2.HI/c1-2-24-23(25-12-10-17-8-9-21-19(14-17)11-13-28-21)26-16-20-15-22(29-27-20)18-6-4-3-5-7-18;/h3-9,14-15H,2,10-13,16H2,1H3,(H2,24,25,26);1H. The summed E-state index contributed by atoms with van der Waals surface area (Å²) in [5.41, 5.74) is 4.43. The van der Waals surface area contributed by atoms with E-state index in [1.54, 1.807) is 0 Å². The number of halogens is 1. The first-order valence-corrected chi connectivity index (χ1v) is 10.1. The number of aliphatic imine (C=N–C) groups is 1. The van der Waals surface area contributed by atoms with Gasteiger partial charge in [0.15, 0.2) is 11.7 Å². The highest BCUT2D eigenvalue weighted by Crippen LogP contribution is 2.25. The molecule has 2 aromatic carbocycles. The normalized spacial score (nSPS) is 12.6. The van der Waals surface area contributed by atoms with Gasteiger partial charge in [0, 0.05) is 31.1 Å². The molecule has 0 atom stereocenters.